The van der Waals surface area contributed by atoms with E-state index in [0.29, 0.717) is 20.9 Å². The monoisotopic (exact) mass is 377 g/mol. The Morgan fingerprint density at radius 1 is 1.04 bits per heavy atom. The van der Waals surface area contributed by atoms with Gasteiger partial charge < -0.3 is 5.11 Å². The highest BCUT2D eigenvalue weighted by atomic mass is 32.1. The molecule has 0 saturated heterocycles. The van der Waals surface area contributed by atoms with Crippen molar-refractivity contribution in [1.82, 2.24) is 4.57 Å². The van der Waals surface area contributed by atoms with Gasteiger partial charge in [-0.3, -0.25) is 9.36 Å². The van der Waals surface area contributed by atoms with Crippen molar-refractivity contribution in [2.24, 2.45) is 0 Å². The number of aromatic hydroxyl groups is 1. The fraction of sp³-hybridized carbons (Fsp3) is 0.0476. The number of hydrogen-bond donors (Lipinski definition) is 1. The van der Waals surface area contributed by atoms with Crippen LogP contribution >= 0.6 is 23.6 Å². The van der Waals surface area contributed by atoms with Crippen LogP contribution in [-0.2, 0) is 11.3 Å². The standard InChI is InChI=1S/C21H15NO2S2/c23-18-11-10-15-8-4-5-9-16(15)17(18)12-19-20(24)22(21(25)26-19)13-14-6-2-1-3-7-14/h1-12,24H,13H2/b17-12-. The number of nitrogens with zero attached hydrogens (tertiary/aromatic N) is 1. The summed E-state index contributed by atoms with van der Waals surface area (Å²) in [6, 6.07) is 17.6. The Labute approximate surface area is 160 Å². The van der Waals surface area contributed by atoms with Crippen molar-refractivity contribution in [2.75, 3.05) is 0 Å². The fourth-order valence-electron chi connectivity index (χ4n) is 2.97. The van der Waals surface area contributed by atoms with E-state index in [1.807, 2.05) is 60.7 Å². The van der Waals surface area contributed by atoms with Crippen molar-refractivity contribution in [2.45, 2.75) is 6.54 Å². The molecular weight excluding hydrogens is 362 g/mol. The second-order valence-electron chi connectivity index (χ2n) is 5.97. The number of benzene rings is 2. The maximum atomic E-state index is 12.4. The Balaban J connectivity index is 1.77. The number of fused-ring (bicyclic) bond motifs is 1. The zero-order chi connectivity index (χ0) is 18.1. The maximum absolute atomic E-state index is 12.4. The molecule has 26 heavy (non-hydrogen) atoms. The second kappa shape index (κ2) is 6.86. The number of thiazole rings is 1. The summed E-state index contributed by atoms with van der Waals surface area (Å²) in [6.45, 7) is 0.496. The van der Waals surface area contributed by atoms with Crippen molar-refractivity contribution < 1.29 is 9.90 Å². The molecule has 0 spiro atoms. The van der Waals surface area contributed by atoms with Gasteiger partial charge in [-0.2, -0.15) is 0 Å². The Hall–Kier alpha value is -2.76. The summed E-state index contributed by atoms with van der Waals surface area (Å²) >= 11 is 6.73. The molecule has 1 aromatic heterocycles. The van der Waals surface area contributed by atoms with Gasteiger partial charge in [-0.1, -0.05) is 60.7 Å². The second-order valence-corrected chi connectivity index (χ2v) is 7.65. The van der Waals surface area contributed by atoms with Crippen LogP contribution in [-0.4, -0.2) is 15.5 Å². The number of ketones is 1. The highest BCUT2D eigenvalue weighted by Crippen LogP contribution is 2.34. The average Bonchev–Trinajstić information content (AvgIpc) is 2.92. The van der Waals surface area contributed by atoms with E-state index in [0.717, 1.165) is 16.7 Å². The molecule has 0 aliphatic heterocycles. The number of carbonyl (C=O) groups excluding carboxylic acids is 1. The van der Waals surface area contributed by atoms with E-state index in [9.17, 15) is 9.90 Å². The molecule has 5 heteroatoms. The molecule has 0 atom stereocenters. The third-order valence-electron chi connectivity index (χ3n) is 4.28. The van der Waals surface area contributed by atoms with E-state index in [1.165, 1.54) is 11.3 Å². The highest BCUT2D eigenvalue weighted by molar-refractivity contribution is 7.73. The third kappa shape index (κ3) is 3.07. The lowest BCUT2D eigenvalue weighted by Crippen LogP contribution is -2.04. The topological polar surface area (TPSA) is 42.2 Å². The van der Waals surface area contributed by atoms with Crippen LogP contribution in [0.25, 0.3) is 17.7 Å². The van der Waals surface area contributed by atoms with E-state index in [1.54, 1.807) is 16.7 Å². The minimum atomic E-state index is -0.0722. The number of aromatic nitrogens is 1. The maximum Gasteiger partial charge on any atom is 0.210 e. The zero-order valence-corrected chi connectivity index (χ0v) is 15.4. The van der Waals surface area contributed by atoms with Gasteiger partial charge in [-0.25, -0.2) is 0 Å². The molecule has 128 valence electrons. The Morgan fingerprint density at radius 3 is 2.58 bits per heavy atom. The normalized spacial score (nSPS) is 14.6. The lowest BCUT2D eigenvalue weighted by Gasteiger charge is -2.12. The first-order valence-electron chi connectivity index (χ1n) is 8.13. The van der Waals surface area contributed by atoms with Crippen LogP contribution in [0.4, 0.5) is 0 Å². The minimum Gasteiger partial charge on any atom is -0.493 e. The summed E-state index contributed by atoms with van der Waals surface area (Å²) in [7, 11) is 0. The minimum absolute atomic E-state index is 0.0722. The van der Waals surface area contributed by atoms with Crippen molar-refractivity contribution in [3.05, 3.63) is 86.2 Å². The predicted molar refractivity (Wildman–Crippen MR) is 109 cm³/mol. The number of allylic oxidation sites excluding steroid dienone is 2. The van der Waals surface area contributed by atoms with Crippen molar-refractivity contribution >= 4 is 47.1 Å². The van der Waals surface area contributed by atoms with Gasteiger partial charge in [0.1, 0.15) is 0 Å². The van der Waals surface area contributed by atoms with Crippen LogP contribution < -0.4 is 0 Å². The van der Waals surface area contributed by atoms with E-state index >= 15 is 0 Å². The average molecular weight is 377 g/mol. The van der Waals surface area contributed by atoms with Crippen LogP contribution in [0.3, 0.4) is 0 Å². The Bertz CT molecular complexity index is 1100. The van der Waals surface area contributed by atoms with Crippen LogP contribution in [0.15, 0.2) is 60.7 Å². The zero-order valence-electron chi connectivity index (χ0n) is 13.8. The largest absolute Gasteiger partial charge is 0.493 e. The SMILES string of the molecule is O=C1C=Cc2ccccc2/C1=C/c1sc(=S)n(Cc2ccccc2)c1O. The molecule has 0 saturated carbocycles. The number of carbonyl (C=O) groups is 1. The third-order valence-corrected chi connectivity index (χ3v) is 5.67. The quantitative estimate of drug-likeness (QED) is 0.506. The molecule has 1 heterocycles. The first kappa shape index (κ1) is 16.7. The first-order valence-corrected chi connectivity index (χ1v) is 9.36. The fourth-order valence-corrected chi connectivity index (χ4v) is 4.22. The molecule has 4 rings (SSSR count). The van der Waals surface area contributed by atoms with Gasteiger partial charge in [0.15, 0.2) is 9.74 Å². The number of rotatable bonds is 3. The Kier molecular flexibility index (Phi) is 4.41. The molecule has 2 aromatic carbocycles. The van der Waals surface area contributed by atoms with Gasteiger partial charge in [-0.05, 0) is 41.1 Å². The van der Waals surface area contributed by atoms with E-state index in [-0.39, 0.29) is 11.7 Å². The van der Waals surface area contributed by atoms with E-state index in [4.69, 9.17) is 12.2 Å². The molecular formula is C21H15NO2S2. The molecule has 0 amide bonds. The van der Waals surface area contributed by atoms with Crippen molar-refractivity contribution in [3.63, 3.8) is 0 Å². The summed E-state index contributed by atoms with van der Waals surface area (Å²) < 4.78 is 2.27. The van der Waals surface area contributed by atoms with Gasteiger partial charge in [0.2, 0.25) is 5.88 Å². The summed E-state index contributed by atoms with van der Waals surface area (Å²) in [5, 5.41) is 10.7. The summed E-state index contributed by atoms with van der Waals surface area (Å²) in [5.74, 6) is 0.0215. The van der Waals surface area contributed by atoms with Gasteiger partial charge >= 0.3 is 0 Å². The van der Waals surface area contributed by atoms with Crippen LogP contribution in [0, 0.1) is 3.95 Å². The van der Waals surface area contributed by atoms with Gasteiger partial charge in [0.05, 0.1) is 11.4 Å². The van der Waals surface area contributed by atoms with Crippen LogP contribution in [0.1, 0.15) is 21.6 Å². The molecule has 3 nitrogen and oxygen atoms in total. The van der Waals surface area contributed by atoms with Gasteiger partial charge in [0.25, 0.3) is 0 Å². The molecule has 0 radical (unpaired) electrons. The van der Waals surface area contributed by atoms with Crippen molar-refractivity contribution in [3.8, 4) is 5.88 Å². The Morgan fingerprint density at radius 2 is 1.77 bits per heavy atom. The molecule has 0 bridgehead atoms. The van der Waals surface area contributed by atoms with E-state index in [2.05, 4.69) is 0 Å². The van der Waals surface area contributed by atoms with E-state index < -0.39 is 0 Å². The van der Waals surface area contributed by atoms with Crippen LogP contribution in [0.2, 0.25) is 0 Å². The van der Waals surface area contributed by atoms with Crippen LogP contribution in [0.5, 0.6) is 5.88 Å². The first-order chi connectivity index (χ1) is 12.6. The number of hydrogen-bond acceptors (Lipinski definition) is 4. The smallest absolute Gasteiger partial charge is 0.210 e. The molecule has 1 aliphatic carbocycles. The molecule has 1 aliphatic rings. The summed E-state index contributed by atoms with van der Waals surface area (Å²) in [4.78, 5) is 13.0. The summed E-state index contributed by atoms with van der Waals surface area (Å²) in [6.07, 6.45) is 5.12. The lowest BCUT2D eigenvalue weighted by molar-refractivity contribution is -0.109. The van der Waals surface area contributed by atoms with Gasteiger partial charge in [-0.15, -0.1) is 11.3 Å². The molecule has 0 unspecified atom stereocenters. The summed E-state index contributed by atoms with van der Waals surface area (Å²) in [5.41, 5.74) is 3.48. The molecule has 3 aromatic rings. The molecule has 0 fully saturated rings. The highest BCUT2D eigenvalue weighted by Gasteiger charge is 2.19. The lowest BCUT2D eigenvalue weighted by atomic mass is 9.91. The predicted octanol–water partition coefficient (Wildman–Crippen LogP) is 5.17. The van der Waals surface area contributed by atoms with Crippen molar-refractivity contribution in [1.29, 1.82) is 0 Å². The van der Waals surface area contributed by atoms with Gasteiger partial charge in [0, 0.05) is 5.57 Å². The molecule has 1 N–H and O–H groups in total.